The van der Waals surface area contributed by atoms with Gasteiger partial charge in [0.1, 0.15) is 0 Å². The fourth-order valence-electron chi connectivity index (χ4n) is 1.85. The summed E-state index contributed by atoms with van der Waals surface area (Å²) in [5, 5.41) is 6.12. The molecule has 0 heterocycles. The monoisotopic (exact) mass is 318 g/mol. The molecular formula is C16H15FN2O2S. The number of benzene rings is 2. The number of nitrogens with one attached hydrogen (secondary N) is 2. The van der Waals surface area contributed by atoms with Crippen LogP contribution in [0.2, 0.25) is 0 Å². The number of hydrogen-bond donors (Lipinski definition) is 2. The lowest BCUT2D eigenvalue weighted by Gasteiger charge is -2.12. The molecule has 0 atom stereocenters. The van der Waals surface area contributed by atoms with Crippen LogP contribution < -0.4 is 15.4 Å². The molecule has 114 valence electrons. The zero-order chi connectivity index (χ0) is 16.1. The van der Waals surface area contributed by atoms with Gasteiger partial charge in [-0.05, 0) is 43.4 Å². The maximum atomic E-state index is 13.6. The zero-order valence-electron chi connectivity index (χ0n) is 12.1. The van der Waals surface area contributed by atoms with E-state index < -0.39 is 5.82 Å². The Bertz CT molecular complexity index is 719. The lowest BCUT2D eigenvalue weighted by atomic mass is 10.1. The second kappa shape index (κ2) is 7.00. The highest BCUT2D eigenvalue weighted by Gasteiger charge is 2.06. The van der Waals surface area contributed by atoms with Crippen molar-refractivity contribution in [3.8, 4) is 5.75 Å². The van der Waals surface area contributed by atoms with E-state index >= 15 is 0 Å². The number of Topliss-reactive ketones (excluding diaryl/α,β-unsaturated/α-hetero) is 1. The molecule has 0 radical (unpaired) electrons. The van der Waals surface area contributed by atoms with Crippen LogP contribution in [0, 0.1) is 5.82 Å². The van der Waals surface area contributed by atoms with Crippen molar-refractivity contribution in [1.82, 2.24) is 0 Å². The van der Waals surface area contributed by atoms with Crippen molar-refractivity contribution in [2.24, 2.45) is 0 Å². The summed E-state index contributed by atoms with van der Waals surface area (Å²) in [6, 6.07) is 11.4. The molecule has 2 aromatic carbocycles. The van der Waals surface area contributed by atoms with E-state index in [9.17, 15) is 9.18 Å². The van der Waals surface area contributed by atoms with Crippen molar-refractivity contribution in [3.63, 3.8) is 0 Å². The summed E-state index contributed by atoms with van der Waals surface area (Å²) < 4.78 is 18.5. The molecule has 0 aromatic heterocycles. The van der Waals surface area contributed by atoms with Crippen molar-refractivity contribution in [2.45, 2.75) is 6.92 Å². The Morgan fingerprint density at radius 1 is 1.14 bits per heavy atom. The van der Waals surface area contributed by atoms with Gasteiger partial charge < -0.3 is 15.4 Å². The van der Waals surface area contributed by atoms with Gasteiger partial charge in [-0.1, -0.05) is 12.1 Å². The van der Waals surface area contributed by atoms with E-state index in [4.69, 9.17) is 17.0 Å². The first-order valence-electron chi connectivity index (χ1n) is 6.52. The summed E-state index contributed by atoms with van der Waals surface area (Å²) in [6.45, 7) is 1.50. The first-order valence-corrected chi connectivity index (χ1v) is 6.93. The van der Waals surface area contributed by atoms with Crippen molar-refractivity contribution in [1.29, 1.82) is 0 Å². The molecule has 0 spiro atoms. The lowest BCUT2D eigenvalue weighted by molar-refractivity contribution is 0.101. The van der Waals surface area contributed by atoms with Gasteiger partial charge in [0.2, 0.25) is 0 Å². The zero-order valence-corrected chi connectivity index (χ0v) is 13.0. The van der Waals surface area contributed by atoms with Crippen LogP contribution in [0.4, 0.5) is 15.8 Å². The number of rotatable bonds is 4. The van der Waals surface area contributed by atoms with Gasteiger partial charge in [-0.2, -0.15) is 0 Å². The molecule has 2 N–H and O–H groups in total. The predicted octanol–water partition coefficient (Wildman–Crippen LogP) is 3.85. The smallest absolute Gasteiger partial charge is 0.175 e. The largest absolute Gasteiger partial charge is 0.494 e. The third kappa shape index (κ3) is 4.02. The van der Waals surface area contributed by atoms with Gasteiger partial charge in [-0.3, -0.25) is 4.79 Å². The quantitative estimate of drug-likeness (QED) is 0.662. The highest BCUT2D eigenvalue weighted by atomic mass is 32.1. The SMILES string of the molecule is COc1ccc(NC(=S)Nc2cccc(C(C)=O)c2)cc1F. The van der Waals surface area contributed by atoms with Gasteiger partial charge in [0.05, 0.1) is 7.11 Å². The lowest BCUT2D eigenvalue weighted by Crippen LogP contribution is -2.19. The van der Waals surface area contributed by atoms with E-state index in [0.717, 1.165) is 0 Å². The number of halogens is 1. The summed E-state index contributed by atoms with van der Waals surface area (Å²) in [5.41, 5.74) is 1.76. The molecule has 0 aliphatic rings. The van der Waals surface area contributed by atoms with Crippen LogP contribution in [0.5, 0.6) is 5.75 Å². The van der Waals surface area contributed by atoms with Crippen LogP contribution in [-0.2, 0) is 0 Å². The summed E-state index contributed by atoms with van der Waals surface area (Å²) in [4.78, 5) is 11.3. The predicted molar refractivity (Wildman–Crippen MR) is 89.2 cm³/mol. The Balaban J connectivity index is 2.05. The second-order valence-electron chi connectivity index (χ2n) is 4.57. The highest BCUT2D eigenvalue weighted by molar-refractivity contribution is 7.80. The normalized spacial score (nSPS) is 9.95. The summed E-state index contributed by atoms with van der Waals surface area (Å²) in [7, 11) is 1.40. The van der Waals surface area contributed by atoms with Crippen LogP contribution in [0.1, 0.15) is 17.3 Å². The molecule has 22 heavy (non-hydrogen) atoms. The number of carbonyl (C=O) groups is 1. The van der Waals surface area contributed by atoms with E-state index in [1.165, 1.54) is 26.2 Å². The van der Waals surface area contributed by atoms with Crippen LogP contribution in [0.25, 0.3) is 0 Å². The second-order valence-corrected chi connectivity index (χ2v) is 4.97. The molecule has 0 amide bonds. The Morgan fingerprint density at radius 2 is 1.82 bits per heavy atom. The molecule has 0 aliphatic carbocycles. The molecule has 0 bridgehead atoms. The third-order valence-corrected chi connectivity index (χ3v) is 3.14. The molecule has 2 rings (SSSR count). The van der Waals surface area contributed by atoms with Crippen molar-refractivity contribution in [2.75, 3.05) is 17.7 Å². The minimum atomic E-state index is -0.478. The fourth-order valence-corrected chi connectivity index (χ4v) is 2.09. The Labute approximate surface area is 133 Å². The molecule has 0 unspecified atom stereocenters. The maximum absolute atomic E-state index is 13.6. The van der Waals surface area contributed by atoms with Gasteiger partial charge in [0, 0.05) is 23.0 Å². The van der Waals surface area contributed by atoms with Crippen LogP contribution in [-0.4, -0.2) is 18.0 Å². The number of anilines is 2. The van der Waals surface area contributed by atoms with E-state index in [-0.39, 0.29) is 11.5 Å². The number of hydrogen-bond acceptors (Lipinski definition) is 3. The van der Waals surface area contributed by atoms with Gasteiger partial charge in [-0.15, -0.1) is 0 Å². The topological polar surface area (TPSA) is 50.4 Å². The summed E-state index contributed by atoms with van der Waals surface area (Å²) in [5.74, 6) is -0.341. The molecule has 0 saturated carbocycles. The van der Waals surface area contributed by atoms with Crippen LogP contribution in [0.15, 0.2) is 42.5 Å². The van der Waals surface area contributed by atoms with E-state index in [1.54, 1.807) is 30.3 Å². The minimum Gasteiger partial charge on any atom is -0.494 e. The molecule has 0 saturated heterocycles. The minimum absolute atomic E-state index is 0.0280. The fraction of sp³-hybridized carbons (Fsp3) is 0.125. The van der Waals surface area contributed by atoms with Crippen molar-refractivity contribution < 1.29 is 13.9 Å². The van der Waals surface area contributed by atoms with Crippen LogP contribution in [0.3, 0.4) is 0 Å². The van der Waals surface area contributed by atoms with E-state index in [0.29, 0.717) is 22.1 Å². The van der Waals surface area contributed by atoms with Crippen molar-refractivity contribution >= 4 is 34.5 Å². The number of ketones is 1. The average Bonchev–Trinajstić information content (AvgIpc) is 2.47. The molecule has 2 aromatic rings. The number of thiocarbonyl (C=S) groups is 1. The molecule has 0 fully saturated rings. The maximum Gasteiger partial charge on any atom is 0.175 e. The van der Waals surface area contributed by atoms with Gasteiger partial charge >= 0.3 is 0 Å². The first kappa shape index (κ1) is 15.9. The average molecular weight is 318 g/mol. The van der Waals surface area contributed by atoms with Gasteiger partial charge in [-0.25, -0.2) is 4.39 Å². The third-order valence-electron chi connectivity index (χ3n) is 2.94. The number of methoxy groups -OCH3 is 1. The molecule has 4 nitrogen and oxygen atoms in total. The van der Waals surface area contributed by atoms with E-state index in [2.05, 4.69) is 10.6 Å². The standard InChI is InChI=1S/C16H15FN2O2S/c1-10(20)11-4-3-5-12(8-11)18-16(22)19-13-6-7-15(21-2)14(17)9-13/h3-9H,1-2H3,(H2,18,19,22). The van der Waals surface area contributed by atoms with Crippen LogP contribution >= 0.6 is 12.2 Å². The van der Waals surface area contributed by atoms with Gasteiger partial charge in [0.25, 0.3) is 0 Å². The highest BCUT2D eigenvalue weighted by Crippen LogP contribution is 2.21. The first-order chi connectivity index (χ1) is 10.5. The Hall–Kier alpha value is -2.47. The molecule has 6 heteroatoms. The Morgan fingerprint density at radius 3 is 2.41 bits per heavy atom. The van der Waals surface area contributed by atoms with E-state index in [1.807, 2.05) is 0 Å². The summed E-state index contributed by atoms with van der Waals surface area (Å²) in [6.07, 6.45) is 0. The number of ether oxygens (including phenoxy) is 1. The van der Waals surface area contributed by atoms with Gasteiger partial charge in [0.15, 0.2) is 22.5 Å². The summed E-state index contributed by atoms with van der Waals surface area (Å²) >= 11 is 5.17. The number of carbonyl (C=O) groups excluding carboxylic acids is 1. The molecule has 0 aliphatic heterocycles. The Kier molecular flexibility index (Phi) is 5.06. The molecular weight excluding hydrogens is 303 g/mol. The van der Waals surface area contributed by atoms with Crippen molar-refractivity contribution in [3.05, 3.63) is 53.8 Å².